The van der Waals surface area contributed by atoms with E-state index in [-0.39, 0.29) is 17.2 Å². The van der Waals surface area contributed by atoms with Gasteiger partial charge in [0.05, 0.1) is 5.56 Å². The highest BCUT2D eigenvalue weighted by Gasteiger charge is 2.20. The smallest absolute Gasteiger partial charge is 0.266 e. The number of aromatic nitrogens is 2. The molecule has 1 aliphatic rings. The predicted molar refractivity (Wildman–Crippen MR) is 62.8 cm³/mol. The fourth-order valence-electron chi connectivity index (χ4n) is 2.05. The summed E-state index contributed by atoms with van der Waals surface area (Å²) in [6.45, 7) is 1.79. The average Bonchev–Trinajstić information content (AvgIpc) is 3.00. The normalized spacial score (nSPS) is 15.3. The molecule has 1 fully saturated rings. The Balaban J connectivity index is 1.94. The summed E-state index contributed by atoms with van der Waals surface area (Å²) in [6.07, 6.45) is 2.21. The largest absolute Gasteiger partial charge is 0.507 e. The Morgan fingerprint density at radius 1 is 1.28 bits per heavy atom. The molecule has 1 aromatic carbocycles. The molecule has 2 aromatic rings. The van der Waals surface area contributed by atoms with E-state index in [1.54, 1.807) is 0 Å². The van der Waals surface area contributed by atoms with Gasteiger partial charge in [-0.25, -0.2) is 4.39 Å². The summed E-state index contributed by atoms with van der Waals surface area (Å²) in [4.78, 5) is 6.19. The zero-order chi connectivity index (χ0) is 12.5. The van der Waals surface area contributed by atoms with E-state index in [0.717, 1.165) is 25.9 Å². The third-order valence-corrected chi connectivity index (χ3v) is 2.99. The summed E-state index contributed by atoms with van der Waals surface area (Å²) < 4.78 is 18.2. The van der Waals surface area contributed by atoms with Gasteiger partial charge in [0.25, 0.3) is 11.8 Å². The van der Waals surface area contributed by atoms with Gasteiger partial charge in [-0.15, -0.1) is 0 Å². The number of hydrogen-bond acceptors (Lipinski definition) is 5. The number of phenolic OH excluding ortho intramolecular Hbond substituents is 1. The van der Waals surface area contributed by atoms with Crippen LogP contribution in [0.5, 0.6) is 5.75 Å². The molecule has 2 heterocycles. The molecule has 0 saturated carbocycles. The minimum atomic E-state index is -0.455. The van der Waals surface area contributed by atoms with Crippen molar-refractivity contribution in [3.8, 4) is 17.2 Å². The maximum Gasteiger partial charge on any atom is 0.266 e. The van der Waals surface area contributed by atoms with Crippen molar-refractivity contribution in [1.29, 1.82) is 0 Å². The Kier molecular flexibility index (Phi) is 2.62. The molecule has 1 N–H and O–H groups in total. The van der Waals surface area contributed by atoms with E-state index in [0.29, 0.717) is 5.95 Å². The molecule has 1 saturated heterocycles. The number of benzene rings is 1. The number of halogens is 1. The van der Waals surface area contributed by atoms with Crippen molar-refractivity contribution >= 4 is 5.95 Å². The average molecular weight is 249 g/mol. The summed E-state index contributed by atoms with van der Waals surface area (Å²) >= 11 is 0. The second-order valence-corrected chi connectivity index (χ2v) is 4.26. The Labute approximate surface area is 103 Å². The third kappa shape index (κ3) is 1.90. The molecule has 0 atom stereocenters. The van der Waals surface area contributed by atoms with Gasteiger partial charge < -0.3 is 14.5 Å². The van der Waals surface area contributed by atoms with Crippen molar-refractivity contribution in [2.45, 2.75) is 12.8 Å². The summed E-state index contributed by atoms with van der Waals surface area (Å²) in [5.41, 5.74) is 0.216. The van der Waals surface area contributed by atoms with Gasteiger partial charge in [0.15, 0.2) is 0 Å². The van der Waals surface area contributed by atoms with Crippen LogP contribution in [0.4, 0.5) is 10.3 Å². The number of hydrogen-bond donors (Lipinski definition) is 1. The lowest BCUT2D eigenvalue weighted by Crippen LogP contribution is -2.18. The van der Waals surface area contributed by atoms with Crippen molar-refractivity contribution in [1.82, 2.24) is 10.1 Å². The number of phenols is 1. The first kappa shape index (κ1) is 11.0. The standard InChI is InChI=1S/C12H12FN3O2/c13-8-3-4-10(17)9(7-8)11-14-12(15-18-11)16-5-1-2-6-16/h3-4,7,17H,1-2,5-6H2. The van der Waals surface area contributed by atoms with E-state index in [2.05, 4.69) is 10.1 Å². The van der Waals surface area contributed by atoms with Crippen molar-refractivity contribution in [2.24, 2.45) is 0 Å². The molecule has 0 spiro atoms. The van der Waals surface area contributed by atoms with Gasteiger partial charge in [0.2, 0.25) is 0 Å². The van der Waals surface area contributed by atoms with Gasteiger partial charge in [-0.2, -0.15) is 4.98 Å². The highest BCUT2D eigenvalue weighted by Crippen LogP contribution is 2.30. The van der Waals surface area contributed by atoms with Crippen LogP contribution in [0.25, 0.3) is 11.5 Å². The highest BCUT2D eigenvalue weighted by molar-refractivity contribution is 5.62. The Morgan fingerprint density at radius 2 is 2.06 bits per heavy atom. The second kappa shape index (κ2) is 4.29. The first-order chi connectivity index (χ1) is 8.74. The molecular weight excluding hydrogens is 237 g/mol. The van der Waals surface area contributed by atoms with Crippen LogP contribution in [0.1, 0.15) is 12.8 Å². The van der Waals surface area contributed by atoms with E-state index in [1.807, 2.05) is 4.90 Å². The number of aromatic hydroxyl groups is 1. The molecule has 94 valence electrons. The first-order valence-electron chi connectivity index (χ1n) is 5.81. The van der Waals surface area contributed by atoms with E-state index in [4.69, 9.17) is 4.52 Å². The summed E-state index contributed by atoms with van der Waals surface area (Å²) in [5.74, 6) is 0.0943. The summed E-state index contributed by atoms with van der Waals surface area (Å²) in [7, 11) is 0. The predicted octanol–water partition coefficient (Wildman–Crippen LogP) is 2.18. The van der Waals surface area contributed by atoms with Crippen molar-refractivity contribution in [2.75, 3.05) is 18.0 Å². The maximum atomic E-state index is 13.1. The van der Waals surface area contributed by atoms with Crippen LogP contribution in [-0.2, 0) is 0 Å². The molecule has 0 unspecified atom stereocenters. The Morgan fingerprint density at radius 3 is 2.83 bits per heavy atom. The van der Waals surface area contributed by atoms with Crippen molar-refractivity contribution < 1.29 is 14.0 Å². The molecule has 18 heavy (non-hydrogen) atoms. The van der Waals surface area contributed by atoms with Gasteiger partial charge in [0, 0.05) is 13.1 Å². The fourth-order valence-corrected chi connectivity index (χ4v) is 2.05. The molecule has 6 heteroatoms. The first-order valence-corrected chi connectivity index (χ1v) is 5.81. The molecule has 0 radical (unpaired) electrons. The molecule has 3 rings (SSSR count). The van der Waals surface area contributed by atoms with E-state index < -0.39 is 5.82 Å². The van der Waals surface area contributed by atoms with Crippen LogP contribution in [0.15, 0.2) is 22.7 Å². The number of rotatable bonds is 2. The van der Waals surface area contributed by atoms with Crippen LogP contribution in [0.2, 0.25) is 0 Å². The topological polar surface area (TPSA) is 62.4 Å². The quantitative estimate of drug-likeness (QED) is 0.883. The van der Waals surface area contributed by atoms with Crippen molar-refractivity contribution in [3.05, 3.63) is 24.0 Å². The highest BCUT2D eigenvalue weighted by atomic mass is 19.1. The van der Waals surface area contributed by atoms with Crippen molar-refractivity contribution in [3.63, 3.8) is 0 Å². The minimum Gasteiger partial charge on any atom is -0.507 e. The van der Waals surface area contributed by atoms with E-state index in [1.165, 1.54) is 18.2 Å². The fraction of sp³-hybridized carbons (Fsp3) is 0.333. The lowest BCUT2D eigenvalue weighted by atomic mass is 10.2. The second-order valence-electron chi connectivity index (χ2n) is 4.26. The lowest BCUT2D eigenvalue weighted by molar-refractivity contribution is 0.423. The van der Waals surface area contributed by atoms with Gasteiger partial charge in [-0.3, -0.25) is 0 Å². The zero-order valence-electron chi connectivity index (χ0n) is 9.64. The summed E-state index contributed by atoms with van der Waals surface area (Å²) in [6, 6.07) is 3.62. The number of anilines is 1. The van der Waals surface area contributed by atoms with Crippen LogP contribution in [0.3, 0.4) is 0 Å². The monoisotopic (exact) mass is 249 g/mol. The van der Waals surface area contributed by atoms with Crippen LogP contribution in [0, 0.1) is 5.82 Å². The molecule has 0 amide bonds. The number of nitrogens with zero attached hydrogens (tertiary/aromatic N) is 3. The lowest BCUT2D eigenvalue weighted by Gasteiger charge is -2.09. The molecule has 5 nitrogen and oxygen atoms in total. The Hall–Kier alpha value is -2.11. The van der Waals surface area contributed by atoms with Crippen LogP contribution >= 0.6 is 0 Å². The molecule has 1 aromatic heterocycles. The molecule has 0 aliphatic carbocycles. The van der Waals surface area contributed by atoms with Crippen LogP contribution in [-0.4, -0.2) is 28.3 Å². The van der Waals surface area contributed by atoms with Crippen LogP contribution < -0.4 is 4.90 Å². The van der Waals surface area contributed by atoms with Gasteiger partial charge >= 0.3 is 0 Å². The van der Waals surface area contributed by atoms with Gasteiger partial charge in [-0.1, -0.05) is 0 Å². The SMILES string of the molecule is Oc1ccc(F)cc1-c1nc(N2CCCC2)no1. The maximum absolute atomic E-state index is 13.1. The third-order valence-electron chi connectivity index (χ3n) is 2.99. The zero-order valence-corrected chi connectivity index (χ0v) is 9.64. The molecule has 1 aliphatic heterocycles. The molecule has 0 bridgehead atoms. The van der Waals surface area contributed by atoms with Gasteiger partial charge in [0.1, 0.15) is 11.6 Å². The minimum absolute atomic E-state index is 0.0759. The van der Waals surface area contributed by atoms with E-state index in [9.17, 15) is 9.50 Å². The Bertz CT molecular complexity index is 564. The van der Waals surface area contributed by atoms with Gasteiger partial charge in [-0.05, 0) is 36.2 Å². The van der Waals surface area contributed by atoms with E-state index >= 15 is 0 Å². The summed E-state index contributed by atoms with van der Waals surface area (Å²) in [5, 5.41) is 13.5. The molecular formula is C12H12FN3O2.